The molecule has 7 heteroatoms. The Morgan fingerprint density at radius 3 is 2.76 bits per heavy atom. The molecule has 1 aromatic heterocycles. The van der Waals surface area contributed by atoms with Crippen LogP contribution >= 0.6 is 11.8 Å². The van der Waals surface area contributed by atoms with E-state index in [-0.39, 0.29) is 12.0 Å². The highest BCUT2D eigenvalue weighted by Crippen LogP contribution is 2.21. The molecule has 0 unspecified atom stereocenters. The molecule has 0 amide bonds. The molecule has 0 aromatic carbocycles. The first-order valence-electron chi connectivity index (χ1n) is 5.43. The summed E-state index contributed by atoms with van der Waals surface area (Å²) in [4.78, 5) is 11.0. The number of carbonyl (C=O) groups excluding carboxylic acids is 1. The minimum absolute atomic E-state index is 0.216. The van der Waals surface area contributed by atoms with Gasteiger partial charge in [-0.05, 0) is 13.8 Å². The quantitative estimate of drug-likeness (QED) is 0.605. The Hall–Kier alpha value is -1.08. The van der Waals surface area contributed by atoms with Crippen LogP contribution in [0.4, 0.5) is 0 Å². The van der Waals surface area contributed by atoms with E-state index in [1.165, 1.54) is 18.9 Å². The smallest absolute Gasteiger partial charge is 0.306 e. The van der Waals surface area contributed by atoms with Gasteiger partial charge in [0.15, 0.2) is 5.16 Å². The van der Waals surface area contributed by atoms with Crippen molar-refractivity contribution in [3.8, 4) is 0 Å². The molecule has 0 radical (unpaired) electrons. The Labute approximate surface area is 105 Å². The van der Waals surface area contributed by atoms with E-state index in [2.05, 4.69) is 14.9 Å². The summed E-state index contributed by atoms with van der Waals surface area (Å²) in [7, 11) is 1.39. The van der Waals surface area contributed by atoms with Gasteiger partial charge in [-0.3, -0.25) is 4.79 Å². The molecule has 2 N–H and O–H groups in total. The molecule has 0 aliphatic rings. The van der Waals surface area contributed by atoms with Gasteiger partial charge < -0.3 is 15.0 Å². The maximum absolute atomic E-state index is 11.0. The Kier molecular flexibility index (Phi) is 5.43. The van der Waals surface area contributed by atoms with Gasteiger partial charge in [0.05, 0.1) is 20.1 Å². The van der Waals surface area contributed by atoms with E-state index in [1.54, 1.807) is 0 Å². The van der Waals surface area contributed by atoms with Gasteiger partial charge in [-0.25, -0.2) is 0 Å². The number of ether oxygens (including phenoxy) is 1. The van der Waals surface area contributed by atoms with Crippen LogP contribution in [0, 0.1) is 0 Å². The molecular weight excluding hydrogens is 240 g/mol. The zero-order valence-corrected chi connectivity index (χ0v) is 11.2. The highest BCUT2D eigenvalue weighted by Gasteiger charge is 2.14. The number of thioether (sulfide) groups is 1. The van der Waals surface area contributed by atoms with Crippen LogP contribution in [0.1, 0.15) is 32.1 Å². The van der Waals surface area contributed by atoms with Crippen molar-refractivity contribution in [3.63, 3.8) is 0 Å². The number of nitrogens with zero attached hydrogens (tertiary/aromatic N) is 3. The van der Waals surface area contributed by atoms with Crippen molar-refractivity contribution in [2.24, 2.45) is 5.73 Å². The minimum Gasteiger partial charge on any atom is -0.469 e. The van der Waals surface area contributed by atoms with E-state index in [1.807, 2.05) is 18.4 Å². The molecule has 0 saturated carbocycles. The van der Waals surface area contributed by atoms with Gasteiger partial charge in [-0.1, -0.05) is 11.8 Å². The zero-order chi connectivity index (χ0) is 12.8. The van der Waals surface area contributed by atoms with Crippen LogP contribution in [0.5, 0.6) is 0 Å². The summed E-state index contributed by atoms with van der Waals surface area (Å²) in [6.07, 6.45) is 0.365. The second-order valence-corrected chi connectivity index (χ2v) is 4.80. The first kappa shape index (κ1) is 14.0. The number of hydrogen-bond acceptors (Lipinski definition) is 6. The van der Waals surface area contributed by atoms with Crippen molar-refractivity contribution in [1.29, 1.82) is 0 Å². The second kappa shape index (κ2) is 6.61. The van der Waals surface area contributed by atoms with Gasteiger partial charge in [0.25, 0.3) is 0 Å². The Morgan fingerprint density at radius 2 is 2.24 bits per heavy atom. The Balaban J connectivity index is 2.64. The molecule has 0 aliphatic heterocycles. The summed E-state index contributed by atoms with van der Waals surface area (Å²) in [6.45, 7) is 4.46. The summed E-state index contributed by atoms with van der Waals surface area (Å²) in [5.74, 6) is 1.18. The summed E-state index contributed by atoms with van der Waals surface area (Å²) in [6, 6.07) is 0.254. The Bertz CT molecular complexity index is 378. The predicted molar refractivity (Wildman–Crippen MR) is 65.7 cm³/mol. The predicted octanol–water partition coefficient (Wildman–Crippen LogP) is 0.973. The van der Waals surface area contributed by atoms with Crippen molar-refractivity contribution < 1.29 is 9.53 Å². The topological polar surface area (TPSA) is 83.0 Å². The molecule has 0 saturated heterocycles. The van der Waals surface area contributed by atoms with Crippen molar-refractivity contribution in [2.75, 3.05) is 12.9 Å². The number of nitrogens with two attached hydrogens (primary N) is 1. The van der Waals surface area contributed by atoms with Gasteiger partial charge in [-0.2, -0.15) is 0 Å². The standard InChI is InChI=1S/C10H18N4O2S/c1-7(2)14-8(6-11)12-13-10(14)17-5-4-9(15)16-3/h7H,4-6,11H2,1-3H3. The van der Waals surface area contributed by atoms with Gasteiger partial charge >= 0.3 is 5.97 Å². The fourth-order valence-electron chi connectivity index (χ4n) is 1.39. The van der Waals surface area contributed by atoms with Crippen molar-refractivity contribution in [2.45, 2.75) is 38.0 Å². The molecule has 1 aromatic rings. The monoisotopic (exact) mass is 258 g/mol. The van der Waals surface area contributed by atoms with E-state index in [0.717, 1.165) is 11.0 Å². The number of aromatic nitrogens is 3. The van der Waals surface area contributed by atoms with E-state index < -0.39 is 0 Å². The van der Waals surface area contributed by atoms with Gasteiger partial charge in [0.1, 0.15) is 5.82 Å². The lowest BCUT2D eigenvalue weighted by atomic mass is 10.4. The lowest BCUT2D eigenvalue weighted by Gasteiger charge is -2.12. The summed E-state index contributed by atoms with van der Waals surface area (Å²) < 4.78 is 6.57. The van der Waals surface area contributed by atoms with Crippen LogP contribution in [-0.2, 0) is 16.1 Å². The average Bonchev–Trinajstić information content (AvgIpc) is 2.71. The number of rotatable bonds is 6. The maximum atomic E-state index is 11.0. The van der Waals surface area contributed by atoms with Crippen molar-refractivity contribution in [3.05, 3.63) is 5.82 Å². The fourth-order valence-corrected chi connectivity index (χ4v) is 2.40. The highest BCUT2D eigenvalue weighted by atomic mass is 32.2. The number of esters is 1. The van der Waals surface area contributed by atoms with E-state index in [9.17, 15) is 4.79 Å². The summed E-state index contributed by atoms with van der Waals surface area (Å²) in [5.41, 5.74) is 5.59. The molecule has 0 bridgehead atoms. The minimum atomic E-state index is -0.216. The molecule has 1 heterocycles. The molecule has 1 rings (SSSR count). The van der Waals surface area contributed by atoms with Crippen LogP contribution in [0.3, 0.4) is 0 Å². The van der Waals surface area contributed by atoms with Crippen molar-refractivity contribution in [1.82, 2.24) is 14.8 Å². The van der Waals surface area contributed by atoms with Crippen LogP contribution in [0.15, 0.2) is 5.16 Å². The zero-order valence-electron chi connectivity index (χ0n) is 10.3. The van der Waals surface area contributed by atoms with E-state index in [4.69, 9.17) is 5.73 Å². The SMILES string of the molecule is COC(=O)CCSc1nnc(CN)n1C(C)C. The van der Waals surface area contributed by atoms with E-state index >= 15 is 0 Å². The molecular formula is C10H18N4O2S. The molecule has 0 fully saturated rings. The largest absolute Gasteiger partial charge is 0.469 e. The van der Waals surface area contributed by atoms with Gasteiger partial charge in [0, 0.05) is 11.8 Å². The molecule has 0 aliphatic carbocycles. The van der Waals surface area contributed by atoms with Gasteiger partial charge in [-0.15, -0.1) is 10.2 Å². The molecule has 17 heavy (non-hydrogen) atoms. The van der Waals surface area contributed by atoms with Crippen LogP contribution < -0.4 is 5.73 Å². The molecule has 96 valence electrons. The normalized spacial score (nSPS) is 10.9. The molecule has 0 atom stereocenters. The maximum Gasteiger partial charge on any atom is 0.306 e. The number of methoxy groups -OCH3 is 1. The average molecular weight is 258 g/mol. The first-order valence-corrected chi connectivity index (χ1v) is 6.42. The van der Waals surface area contributed by atoms with E-state index in [0.29, 0.717) is 18.7 Å². The third kappa shape index (κ3) is 3.71. The summed E-state index contributed by atoms with van der Waals surface area (Å²) >= 11 is 1.49. The highest BCUT2D eigenvalue weighted by molar-refractivity contribution is 7.99. The lowest BCUT2D eigenvalue weighted by molar-refractivity contribution is -0.140. The van der Waals surface area contributed by atoms with Crippen molar-refractivity contribution >= 4 is 17.7 Å². The van der Waals surface area contributed by atoms with Gasteiger partial charge in [0.2, 0.25) is 0 Å². The number of hydrogen-bond donors (Lipinski definition) is 1. The van der Waals surface area contributed by atoms with Crippen LogP contribution in [0.25, 0.3) is 0 Å². The second-order valence-electron chi connectivity index (χ2n) is 3.74. The first-order chi connectivity index (χ1) is 8.10. The molecule has 0 spiro atoms. The number of carbonyl (C=O) groups is 1. The molecule has 6 nitrogen and oxygen atoms in total. The summed E-state index contributed by atoms with van der Waals surface area (Å²) in [5, 5.41) is 8.90. The fraction of sp³-hybridized carbons (Fsp3) is 0.700. The van der Waals surface area contributed by atoms with Crippen LogP contribution in [0.2, 0.25) is 0 Å². The third-order valence-corrected chi connectivity index (χ3v) is 3.14. The third-order valence-electron chi connectivity index (χ3n) is 2.20. The van der Waals surface area contributed by atoms with Crippen LogP contribution in [-0.4, -0.2) is 33.6 Å². The lowest BCUT2D eigenvalue weighted by Crippen LogP contribution is -2.11. The Morgan fingerprint density at radius 1 is 1.53 bits per heavy atom.